The number of anilines is 1. The van der Waals surface area contributed by atoms with E-state index in [-0.39, 0.29) is 64.2 Å². The van der Waals surface area contributed by atoms with E-state index in [1.165, 1.54) is 14.2 Å². The lowest BCUT2D eigenvalue weighted by molar-refractivity contribution is 0.0962. The summed E-state index contributed by atoms with van der Waals surface area (Å²) < 4.78 is 25.2. The molecule has 0 aliphatic carbocycles. The van der Waals surface area contributed by atoms with Crippen molar-refractivity contribution in [3.05, 3.63) is 52.3 Å². The molecule has 0 amide bonds. The number of fused-ring (bicyclic) bond motifs is 2. The number of methoxy groups -OCH3 is 2. The molecule has 166 valence electrons. The first-order valence-corrected chi connectivity index (χ1v) is 9.84. The van der Waals surface area contributed by atoms with E-state index in [2.05, 4.69) is 25.8 Å². The van der Waals surface area contributed by atoms with Crippen molar-refractivity contribution in [3.8, 4) is 11.5 Å². The number of rotatable bonds is 5. The van der Waals surface area contributed by atoms with Crippen LogP contribution in [0, 0.1) is 11.2 Å². The van der Waals surface area contributed by atoms with Crippen LogP contribution in [-0.4, -0.2) is 50.9 Å². The normalized spacial score (nSPS) is 16.0. The second-order valence-corrected chi connectivity index (χ2v) is 8.56. The smallest absolute Gasteiger partial charge is 0.197 e. The minimum atomic E-state index is -0.630. The highest BCUT2D eigenvalue weighted by Crippen LogP contribution is 2.41. The van der Waals surface area contributed by atoms with Crippen LogP contribution in [-0.2, 0) is 12.0 Å². The number of ketones is 1. The fourth-order valence-electron chi connectivity index (χ4n) is 4.57. The van der Waals surface area contributed by atoms with E-state index >= 15 is 0 Å². The Morgan fingerprint density at radius 2 is 1.94 bits per heavy atom. The van der Waals surface area contributed by atoms with Crippen LogP contribution in [0.25, 0.3) is 0 Å². The quantitative estimate of drug-likeness (QED) is 0.635. The van der Waals surface area contributed by atoms with Gasteiger partial charge in [-0.25, -0.2) is 4.39 Å². The minimum absolute atomic E-state index is 0. The maximum Gasteiger partial charge on any atom is 0.197 e. The Bertz CT molecular complexity index is 1070. The molecule has 0 radical (unpaired) electrons. The largest absolute Gasteiger partial charge is 0.493 e. The first kappa shape index (κ1) is 23.1. The average molecular weight is 492 g/mol. The Morgan fingerprint density at radius 1 is 1.23 bits per heavy atom. The van der Waals surface area contributed by atoms with E-state index in [0.29, 0.717) is 11.1 Å². The maximum absolute atomic E-state index is 14.9. The lowest BCUT2D eigenvalue weighted by atomic mass is 9.86. The van der Waals surface area contributed by atoms with Crippen molar-refractivity contribution >= 4 is 34.3 Å². The van der Waals surface area contributed by atoms with Crippen molar-refractivity contribution in [2.75, 3.05) is 39.3 Å². The van der Waals surface area contributed by atoms with E-state index in [1.54, 1.807) is 11.0 Å². The summed E-state index contributed by atoms with van der Waals surface area (Å²) in [5.41, 5.74) is 3.64. The number of hydrogen-bond donors (Lipinski definition) is 1. The van der Waals surface area contributed by atoms with Crippen LogP contribution in [0.15, 0.2) is 24.3 Å². The molecular formula is C23H27BrFN3O3. The third-order valence-electron chi connectivity index (χ3n) is 6.03. The molecule has 31 heavy (non-hydrogen) atoms. The van der Waals surface area contributed by atoms with Gasteiger partial charge in [0.25, 0.3) is 0 Å². The Balaban J connectivity index is 0.00000272. The predicted molar refractivity (Wildman–Crippen MR) is 124 cm³/mol. The molecule has 0 fully saturated rings. The van der Waals surface area contributed by atoms with Gasteiger partial charge in [-0.1, -0.05) is 13.8 Å². The summed E-state index contributed by atoms with van der Waals surface area (Å²) >= 11 is 0. The van der Waals surface area contributed by atoms with Crippen molar-refractivity contribution in [1.82, 2.24) is 4.90 Å². The predicted octanol–water partition coefficient (Wildman–Crippen LogP) is 4.17. The Hall–Kier alpha value is -2.61. The van der Waals surface area contributed by atoms with Crippen LogP contribution in [0.4, 0.5) is 10.1 Å². The van der Waals surface area contributed by atoms with Gasteiger partial charge < -0.3 is 19.3 Å². The van der Waals surface area contributed by atoms with E-state index in [0.717, 1.165) is 17.8 Å². The molecule has 8 heteroatoms. The lowest BCUT2D eigenvalue weighted by Crippen LogP contribution is -2.30. The van der Waals surface area contributed by atoms with Gasteiger partial charge in [-0.05, 0) is 35.4 Å². The van der Waals surface area contributed by atoms with E-state index in [1.807, 2.05) is 18.2 Å². The zero-order valence-electron chi connectivity index (χ0n) is 18.3. The molecule has 2 aliphatic rings. The molecule has 0 atom stereocenters. The minimum Gasteiger partial charge on any atom is -0.493 e. The number of amidine groups is 1. The van der Waals surface area contributed by atoms with Gasteiger partial charge in [-0.3, -0.25) is 10.2 Å². The molecule has 0 saturated carbocycles. The molecule has 4 rings (SSSR count). The number of carbonyl (C=O) groups excluding carboxylic acids is 1. The number of nitrogens with zero attached hydrogens (tertiary/aromatic N) is 2. The molecule has 0 unspecified atom stereocenters. The second-order valence-electron chi connectivity index (χ2n) is 8.56. The van der Waals surface area contributed by atoms with Crippen molar-refractivity contribution in [2.45, 2.75) is 25.8 Å². The third kappa shape index (κ3) is 3.67. The zero-order valence-corrected chi connectivity index (χ0v) is 20.0. The molecule has 1 N–H and O–H groups in total. The fraction of sp³-hybridized carbons (Fsp3) is 0.391. The van der Waals surface area contributed by atoms with Crippen molar-refractivity contribution in [1.29, 1.82) is 5.41 Å². The van der Waals surface area contributed by atoms with Gasteiger partial charge in [0.15, 0.2) is 23.1 Å². The summed E-state index contributed by atoms with van der Waals surface area (Å²) in [7, 11) is 4.85. The summed E-state index contributed by atoms with van der Waals surface area (Å²) in [6.45, 7) is 5.51. The van der Waals surface area contributed by atoms with Crippen LogP contribution in [0.3, 0.4) is 0 Å². The zero-order chi connectivity index (χ0) is 21.8. The van der Waals surface area contributed by atoms with Crippen LogP contribution in [0.2, 0.25) is 0 Å². The van der Waals surface area contributed by atoms with Gasteiger partial charge in [-0.15, -0.1) is 17.0 Å². The van der Waals surface area contributed by atoms with Gasteiger partial charge in [0.2, 0.25) is 0 Å². The molecule has 2 aliphatic heterocycles. The number of benzene rings is 2. The van der Waals surface area contributed by atoms with Gasteiger partial charge in [0.05, 0.1) is 26.3 Å². The molecule has 2 heterocycles. The monoisotopic (exact) mass is 491 g/mol. The number of ether oxygens (including phenoxy) is 2. The summed E-state index contributed by atoms with van der Waals surface area (Å²) in [6, 6.07) is 7.44. The van der Waals surface area contributed by atoms with Crippen molar-refractivity contribution in [3.63, 3.8) is 0 Å². The topological polar surface area (TPSA) is 65.9 Å². The highest BCUT2D eigenvalue weighted by Gasteiger charge is 2.35. The highest BCUT2D eigenvalue weighted by atomic mass is 79.9. The summed E-state index contributed by atoms with van der Waals surface area (Å²) in [5, 5.41) is 8.43. The van der Waals surface area contributed by atoms with Gasteiger partial charge in [0, 0.05) is 36.8 Å². The summed E-state index contributed by atoms with van der Waals surface area (Å²) in [4.78, 5) is 16.8. The van der Waals surface area contributed by atoms with Crippen molar-refractivity contribution < 1.29 is 18.7 Å². The van der Waals surface area contributed by atoms with Gasteiger partial charge in [-0.2, -0.15) is 0 Å². The number of halogens is 2. The summed E-state index contributed by atoms with van der Waals surface area (Å²) in [6.07, 6.45) is 0. The van der Waals surface area contributed by atoms with Crippen LogP contribution < -0.4 is 14.4 Å². The molecule has 0 bridgehead atoms. The average Bonchev–Trinajstić information content (AvgIpc) is 3.14. The Labute approximate surface area is 192 Å². The number of hydrogen-bond acceptors (Lipinski definition) is 5. The SMILES string of the molecule is Br.COc1cc2c(c(F)c1OC)C(=N)N(CC(=O)c1ccc3c(c1)C(C)(C)CN3C)C2. The molecule has 2 aromatic rings. The maximum atomic E-state index is 14.9. The third-order valence-corrected chi connectivity index (χ3v) is 6.03. The standard InChI is InChI=1S/C23H26FN3O3.BrH/c1-23(2)12-26(3)16-7-6-13(8-15(16)23)17(28)11-27-10-14-9-18(29-4)21(30-5)20(24)19(14)22(27)25;/h6-9,25H,10-12H2,1-5H3;1H. The molecule has 6 nitrogen and oxygen atoms in total. The molecular weight excluding hydrogens is 465 g/mol. The van der Waals surface area contributed by atoms with Crippen LogP contribution in [0.1, 0.15) is 40.9 Å². The van der Waals surface area contributed by atoms with Crippen LogP contribution in [0.5, 0.6) is 11.5 Å². The fourth-order valence-corrected chi connectivity index (χ4v) is 4.57. The van der Waals surface area contributed by atoms with Gasteiger partial charge in [0.1, 0.15) is 5.84 Å². The highest BCUT2D eigenvalue weighted by molar-refractivity contribution is 8.93. The first-order chi connectivity index (χ1) is 14.2. The first-order valence-electron chi connectivity index (χ1n) is 9.84. The second kappa shape index (κ2) is 8.15. The number of nitrogens with one attached hydrogen (secondary N) is 1. The number of carbonyl (C=O) groups is 1. The molecule has 0 saturated heterocycles. The number of Topliss-reactive ketones (excluding diaryl/α,β-unsaturated/α-hetero) is 1. The molecule has 0 spiro atoms. The lowest BCUT2D eigenvalue weighted by Gasteiger charge is -2.19. The van der Waals surface area contributed by atoms with Gasteiger partial charge >= 0.3 is 0 Å². The van der Waals surface area contributed by atoms with Crippen LogP contribution >= 0.6 is 17.0 Å². The number of likely N-dealkylation sites (N-methyl/N-ethyl adjacent to an activating group) is 1. The Morgan fingerprint density at radius 3 is 2.58 bits per heavy atom. The van der Waals surface area contributed by atoms with E-state index in [4.69, 9.17) is 14.9 Å². The van der Waals surface area contributed by atoms with E-state index < -0.39 is 5.82 Å². The Kier molecular flexibility index (Phi) is 6.06. The van der Waals surface area contributed by atoms with Crippen molar-refractivity contribution in [2.24, 2.45) is 0 Å². The summed E-state index contributed by atoms with van der Waals surface area (Å²) in [5.74, 6) is -0.494. The van der Waals surface area contributed by atoms with E-state index in [9.17, 15) is 9.18 Å². The molecule has 0 aromatic heterocycles. The molecule has 2 aromatic carbocycles.